The molecule has 1 aliphatic heterocycles. The zero-order valence-corrected chi connectivity index (χ0v) is 15.2. The van der Waals surface area contributed by atoms with Crippen LogP contribution in [-0.4, -0.2) is 33.0 Å². The van der Waals surface area contributed by atoms with Gasteiger partial charge in [-0.05, 0) is 30.0 Å². The second-order valence-electron chi connectivity index (χ2n) is 7.94. The molecule has 1 saturated carbocycles. The summed E-state index contributed by atoms with van der Waals surface area (Å²) in [6.45, 7) is 0.571. The number of carbonyl (C=O) groups is 2. The van der Waals surface area contributed by atoms with Gasteiger partial charge in [0.1, 0.15) is 5.69 Å². The summed E-state index contributed by atoms with van der Waals surface area (Å²) in [5.74, 6) is 0.0325. The van der Waals surface area contributed by atoms with Crippen LogP contribution in [0.3, 0.4) is 0 Å². The van der Waals surface area contributed by atoms with E-state index in [0.29, 0.717) is 29.1 Å². The topological polar surface area (TPSA) is 96.3 Å². The third-order valence-electron chi connectivity index (χ3n) is 6.49. The Balaban J connectivity index is 1.40. The molecule has 6 rings (SSSR count). The van der Waals surface area contributed by atoms with Gasteiger partial charge in [-0.3, -0.25) is 19.7 Å². The third-order valence-corrected chi connectivity index (χ3v) is 6.49. The number of allylic oxidation sites excluding steroid dienone is 2. The van der Waals surface area contributed by atoms with Crippen LogP contribution in [0.15, 0.2) is 60.3 Å². The molecule has 1 aromatic heterocycles. The Labute approximate surface area is 164 Å². The maximum Gasteiger partial charge on any atom is 0.274 e. The van der Waals surface area contributed by atoms with Crippen molar-refractivity contribution in [1.29, 1.82) is 0 Å². The first-order valence-corrected chi connectivity index (χ1v) is 9.44. The first-order valence-electron chi connectivity index (χ1n) is 9.44. The molecule has 29 heavy (non-hydrogen) atoms. The van der Waals surface area contributed by atoms with Gasteiger partial charge >= 0.3 is 0 Å². The van der Waals surface area contributed by atoms with Crippen LogP contribution < -0.4 is 0 Å². The average Bonchev–Trinajstić information content (AvgIpc) is 3.12. The van der Waals surface area contributed by atoms with Gasteiger partial charge in [0.15, 0.2) is 5.78 Å². The molecule has 1 spiro atoms. The molecule has 1 unspecified atom stereocenters. The van der Waals surface area contributed by atoms with Crippen molar-refractivity contribution < 1.29 is 14.5 Å². The average molecular weight is 385 g/mol. The predicted octanol–water partition coefficient (Wildman–Crippen LogP) is 3.57. The maximum atomic E-state index is 13.3. The molecule has 1 saturated heterocycles. The lowest BCUT2D eigenvalue weighted by molar-refractivity contribution is -0.384. The quantitative estimate of drug-likeness (QED) is 0.539. The number of likely N-dealkylation sites (tertiary alicyclic amines) is 1. The molecule has 2 atom stereocenters. The SMILES string of the molecule is O=C1C=C2N(C(=O)c3cc4cc([N+](=O)[O-])ccc4[nH]3)C[C@H]3CC23c2ccccc21. The number of fused-ring (bicyclic) bond motifs is 2. The molecule has 0 bridgehead atoms. The Bertz CT molecular complexity index is 1300. The Hall–Kier alpha value is -3.74. The van der Waals surface area contributed by atoms with E-state index in [1.165, 1.54) is 12.1 Å². The highest BCUT2D eigenvalue weighted by atomic mass is 16.6. The highest BCUT2D eigenvalue weighted by Crippen LogP contribution is 2.66. The smallest absolute Gasteiger partial charge is 0.274 e. The summed E-state index contributed by atoms with van der Waals surface area (Å²) in [5.41, 5.74) is 3.31. The number of nitro benzene ring substituents is 1. The number of non-ortho nitro benzene ring substituents is 1. The molecule has 1 N–H and O–H groups in total. The number of ketones is 1. The van der Waals surface area contributed by atoms with E-state index in [0.717, 1.165) is 23.2 Å². The lowest BCUT2D eigenvalue weighted by Gasteiger charge is -2.29. The lowest BCUT2D eigenvalue weighted by atomic mass is 9.81. The van der Waals surface area contributed by atoms with Crippen molar-refractivity contribution in [2.45, 2.75) is 11.8 Å². The summed E-state index contributed by atoms with van der Waals surface area (Å²) in [5, 5.41) is 11.6. The van der Waals surface area contributed by atoms with Crippen LogP contribution in [0.2, 0.25) is 0 Å². The molecule has 7 nitrogen and oxygen atoms in total. The molecule has 2 aliphatic carbocycles. The highest BCUT2D eigenvalue weighted by Gasteiger charge is 2.67. The van der Waals surface area contributed by atoms with E-state index < -0.39 is 4.92 Å². The van der Waals surface area contributed by atoms with Gasteiger partial charge in [-0.2, -0.15) is 0 Å². The number of nitro groups is 1. The second-order valence-corrected chi connectivity index (χ2v) is 7.94. The Morgan fingerprint density at radius 1 is 1.21 bits per heavy atom. The minimum atomic E-state index is -0.457. The van der Waals surface area contributed by atoms with E-state index in [2.05, 4.69) is 4.98 Å². The molecule has 2 fully saturated rings. The maximum absolute atomic E-state index is 13.3. The fourth-order valence-electron chi connectivity index (χ4n) is 5.07. The number of benzene rings is 2. The Morgan fingerprint density at radius 2 is 2.03 bits per heavy atom. The van der Waals surface area contributed by atoms with Crippen LogP contribution in [-0.2, 0) is 5.41 Å². The Morgan fingerprint density at radius 3 is 2.86 bits per heavy atom. The number of H-pyrrole nitrogens is 1. The summed E-state index contributed by atoms with van der Waals surface area (Å²) < 4.78 is 0. The molecule has 2 heterocycles. The summed E-state index contributed by atoms with van der Waals surface area (Å²) in [7, 11) is 0. The van der Waals surface area contributed by atoms with Gasteiger partial charge in [0.2, 0.25) is 0 Å². The van der Waals surface area contributed by atoms with E-state index in [-0.39, 0.29) is 22.8 Å². The molecule has 0 radical (unpaired) electrons. The van der Waals surface area contributed by atoms with Crippen LogP contribution in [0, 0.1) is 16.0 Å². The van der Waals surface area contributed by atoms with Crippen LogP contribution in [0.5, 0.6) is 0 Å². The zero-order valence-electron chi connectivity index (χ0n) is 15.2. The molecule has 7 heteroatoms. The number of carbonyl (C=O) groups excluding carboxylic acids is 2. The van der Waals surface area contributed by atoms with E-state index in [1.54, 1.807) is 23.1 Å². The zero-order chi connectivity index (χ0) is 19.9. The molecule has 1 amide bonds. The summed E-state index contributed by atoms with van der Waals surface area (Å²) in [6, 6.07) is 13.8. The number of nitrogens with zero attached hydrogens (tertiary/aromatic N) is 2. The Kier molecular flexibility index (Phi) is 2.91. The molecule has 3 aromatic rings. The van der Waals surface area contributed by atoms with Gasteiger partial charge in [-0.25, -0.2) is 0 Å². The predicted molar refractivity (Wildman–Crippen MR) is 105 cm³/mol. The van der Waals surface area contributed by atoms with Crippen LogP contribution in [0.1, 0.15) is 32.8 Å². The number of hydrogen-bond acceptors (Lipinski definition) is 4. The van der Waals surface area contributed by atoms with Gasteiger partial charge in [0, 0.05) is 52.3 Å². The first-order chi connectivity index (χ1) is 14.0. The highest BCUT2D eigenvalue weighted by molar-refractivity contribution is 6.10. The molecular formula is C22H15N3O4. The summed E-state index contributed by atoms with van der Waals surface area (Å²) >= 11 is 0. The minimum absolute atomic E-state index is 0.0194. The first kappa shape index (κ1) is 16.2. The number of nitrogens with one attached hydrogen (secondary N) is 1. The largest absolute Gasteiger partial charge is 0.351 e. The molecular weight excluding hydrogens is 370 g/mol. The van der Waals surface area contributed by atoms with Crippen LogP contribution in [0.25, 0.3) is 10.9 Å². The van der Waals surface area contributed by atoms with E-state index in [9.17, 15) is 19.7 Å². The fourth-order valence-corrected chi connectivity index (χ4v) is 5.07. The normalized spacial score (nSPS) is 24.0. The van der Waals surface area contributed by atoms with E-state index >= 15 is 0 Å². The fraction of sp³-hybridized carbons (Fsp3) is 0.182. The number of aromatic nitrogens is 1. The third kappa shape index (κ3) is 2.01. The molecule has 3 aliphatic rings. The van der Waals surface area contributed by atoms with Gasteiger partial charge in [0.25, 0.3) is 11.6 Å². The van der Waals surface area contributed by atoms with Crippen LogP contribution in [0.4, 0.5) is 5.69 Å². The minimum Gasteiger partial charge on any atom is -0.351 e. The van der Waals surface area contributed by atoms with Crippen molar-refractivity contribution in [3.8, 4) is 0 Å². The number of hydrogen-bond donors (Lipinski definition) is 1. The molecule has 142 valence electrons. The van der Waals surface area contributed by atoms with Gasteiger partial charge in [0.05, 0.1) is 4.92 Å². The van der Waals surface area contributed by atoms with Crippen molar-refractivity contribution in [3.05, 3.63) is 87.2 Å². The van der Waals surface area contributed by atoms with Gasteiger partial charge < -0.3 is 9.88 Å². The van der Waals surface area contributed by atoms with E-state index in [1.807, 2.05) is 24.3 Å². The van der Waals surface area contributed by atoms with Crippen LogP contribution >= 0.6 is 0 Å². The monoisotopic (exact) mass is 385 g/mol. The van der Waals surface area contributed by atoms with Crippen molar-refractivity contribution >= 4 is 28.3 Å². The van der Waals surface area contributed by atoms with Gasteiger partial charge in [-0.1, -0.05) is 24.3 Å². The summed E-state index contributed by atoms with van der Waals surface area (Å²) in [4.78, 5) is 41.2. The lowest BCUT2D eigenvalue weighted by Crippen LogP contribution is -2.33. The van der Waals surface area contributed by atoms with E-state index in [4.69, 9.17) is 0 Å². The summed E-state index contributed by atoms with van der Waals surface area (Å²) in [6.07, 6.45) is 2.56. The molecule has 2 aromatic carbocycles. The number of rotatable bonds is 2. The van der Waals surface area contributed by atoms with Crippen molar-refractivity contribution in [1.82, 2.24) is 9.88 Å². The standard InChI is InChI=1S/C22H15N3O4/c26-19-9-20-22(16-4-2-1-3-15(16)19)10-13(22)11-24(20)21(27)18-8-12-7-14(25(28)29)5-6-17(12)23-18/h1-9,13,23H,10-11H2/t13-,22?/m1/s1. The second kappa shape index (κ2) is 5.20. The number of amides is 1. The number of aromatic amines is 1. The van der Waals surface area contributed by atoms with Crippen molar-refractivity contribution in [3.63, 3.8) is 0 Å². The van der Waals surface area contributed by atoms with Gasteiger partial charge in [-0.15, -0.1) is 0 Å². The van der Waals surface area contributed by atoms with Crippen molar-refractivity contribution in [2.75, 3.05) is 6.54 Å². The number of piperidine rings is 1. The van der Waals surface area contributed by atoms with Crippen molar-refractivity contribution in [2.24, 2.45) is 5.92 Å².